The normalized spacial score (nSPS) is 12.4. The molecule has 2 rings (SSSR count). The van der Waals surface area contributed by atoms with Gasteiger partial charge in [0.1, 0.15) is 10.8 Å². The fourth-order valence-corrected chi connectivity index (χ4v) is 3.41. The number of ether oxygens (including phenoxy) is 1. The molecule has 2 aromatic rings. The summed E-state index contributed by atoms with van der Waals surface area (Å²) in [5, 5.41) is 5.27. The second kappa shape index (κ2) is 7.25. The molecule has 0 bridgehead atoms. The smallest absolute Gasteiger partial charge is 0.137 e. The van der Waals surface area contributed by atoms with Gasteiger partial charge >= 0.3 is 0 Å². The maximum Gasteiger partial charge on any atom is 0.137 e. The maximum atomic E-state index is 6.26. The highest BCUT2D eigenvalue weighted by Crippen LogP contribution is 2.32. The van der Waals surface area contributed by atoms with E-state index in [0.717, 1.165) is 29.2 Å². The molecule has 1 aromatic heterocycles. The molecule has 5 heteroatoms. The first-order valence-corrected chi connectivity index (χ1v) is 8.27. The Morgan fingerprint density at radius 1 is 1.38 bits per heavy atom. The number of hydrogen-bond acceptors (Lipinski definition) is 4. The molecule has 1 heterocycles. The lowest BCUT2D eigenvalue weighted by Gasteiger charge is -2.17. The van der Waals surface area contributed by atoms with Gasteiger partial charge in [-0.1, -0.05) is 24.6 Å². The Hall–Kier alpha value is -1.10. The molecule has 114 valence electrons. The van der Waals surface area contributed by atoms with Gasteiger partial charge in [0.15, 0.2) is 0 Å². The molecular weight excluding hydrogens is 304 g/mol. The second-order valence-corrected chi connectivity index (χ2v) is 6.62. The molecule has 0 amide bonds. The average molecular weight is 325 g/mol. The van der Waals surface area contributed by atoms with Crippen LogP contribution < -0.4 is 10.1 Å². The van der Waals surface area contributed by atoms with Crippen LogP contribution in [-0.2, 0) is 0 Å². The molecule has 3 nitrogen and oxygen atoms in total. The molecule has 0 saturated carbocycles. The summed E-state index contributed by atoms with van der Waals surface area (Å²) in [6.45, 7) is 7.25. The summed E-state index contributed by atoms with van der Waals surface area (Å²) in [6, 6.07) is 5.99. The number of thiazole rings is 1. The molecule has 0 saturated heterocycles. The van der Waals surface area contributed by atoms with Gasteiger partial charge in [-0.2, -0.15) is 0 Å². The fourth-order valence-electron chi connectivity index (χ4n) is 2.12. The van der Waals surface area contributed by atoms with Crippen molar-refractivity contribution in [3.8, 4) is 5.75 Å². The van der Waals surface area contributed by atoms with Crippen LogP contribution in [0.25, 0.3) is 0 Å². The zero-order valence-electron chi connectivity index (χ0n) is 12.9. The molecule has 1 atom stereocenters. The molecule has 0 spiro atoms. The molecule has 0 radical (unpaired) electrons. The van der Waals surface area contributed by atoms with Crippen LogP contribution in [0.15, 0.2) is 18.2 Å². The monoisotopic (exact) mass is 324 g/mol. The van der Waals surface area contributed by atoms with Crippen LogP contribution in [0.1, 0.15) is 40.5 Å². The number of halogens is 1. The number of nitrogens with one attached hydrogen (secondary N) is 1. The van der Waals surface area contributed by atoms with E-state index in [0.29, 0.717) is 10.8 Å². The van der Waals surface area contributed by atoms with Gasteiger partial charge in [-0.25, -0.2) is 4.98 Å². The van der Waals surface area contributed by atoms with Crippen molar-refractivity contribution in [2.75, 3.05) is 13.7 Å². The molecule has 0 aliphatic carbocycles. The lowest BCUT2D eigenvalue weighted by molar-refractivity contribution is 0.414. The Kier molecular flexibility index (Phi) is 5.62. The van der Waals surface area contributed by atoms with Crippen LogP contribution in [0.2, 0.25) is 5.02 Å². The standard InChI is InChI=1S/C16H21ClN2OS/c1-5-8-18-15(16-19-10(2)11(3)21-16)12-6-7-14(20-4)13(17)9-12/h6-7,9,15,18H,5,8H2,1-4H3. The van der Waals surface area contributed by atoms with Gasteiger partial charge in [-0.3, -0.25) is 0 Å². The summed E-state index contributed by atoms with van der Waals surface area (Å²) in [4.78, 5) is 5.95. The van der Waals surface area contributed by atoms with Crippen LogP contribution in [-0.4, -0.2) is 18.6 Å². The van der Waals surface area contributed by atoms with E-state index < -0.39 is 0 Å². The lowest BCUT2D eigenvalue weighted by atomic mass is 10.1. The van der Waals surface area contributed by atoms with E-state index in [-0.39, 0.29) is 6.04 Å². The first kappa shape index (κ1) is 16.3. The molecular formula is C16H21ClN2OS. The summed E-state index contributed by atoms with van der Waals surface area (Å²) < 4.78 is 5.22. The Morgan fingerprint density at radius 3 is 2.67 bits per heavy atom. The van der Waals surface area contributed by atoms with Crippen molar-refractivity contribution in [2.24, 2.45) is 0 Å². The number of benzene rings is 1. The van der Waals surface area contributed by atoms with Gasteiger partial charge in [-0.05, 0) is 44.5 Å². The van der Waals surface area contributed by atoms with Crippen LogP contribution in [0.4, 0.5) is 0 Å². The fraction of sp³-hybridized carbons (Fsp3) is 0.438. The topological polar surface area (TPSA) is 34.1 Å². The number of methoxy groups -OCH3 is 1. The van der Waals surface area contributed by atoms with E-state index >= 15 is 0 Å². The third kappa shape index (κ3) is 3.76. The molecule has 1 aromatic carbocycles. The summed E-state index contributed by atoms with van der Waals surface area (Å²) in [5.41, 5.74) is 2.21. The molecule has 0 aliphatic heterocycles. The highest BCUT2D eigenvalue weighted by atomic mass is 35.5. The number of rotatable bonds is 6. The third-order valence-corrected chi connectivity index (χ3v) is 4.83. The van der Waals surface area contributed by atoms with Gasteiger partial charge in [0, 0.05) is 4.88 Å². The molecule has 0 fully saturated rings. The van der Waals surface area contributed by atoms with Gasteiger partial charge in [-0.15, -0.1) is 11.3 Å². The average Bonchev–Trinajstić information content (AvgIpc) is 2.79. The molecule has 21 heavy (non-hydrogen) atoms. The van der Waals surface area contributed by atoms with Crippen molar-refractivity contribution in [1.29, 1.82) is 0 Å². The van der Waals surface area contributed by atoms with Crippen molar-refractivity contribution >= 4 is 22.9 Å². The maximum absolute atomic E-state index is 6.26. The van der Waals surface area contributed by atoms with E-state index in [4.69, 9.17) is 21.3 Å². The Labute approximate surface area is 135 Å². The van der Waals surface area contributed by atoms with Crippen molar-refractivity contribution in [1.82, 2.24) is 10.3 Å². The summed E-state index contributed by atoms with van der Waals surface area (Å²) in [5.74, 6) is 0.696. The number of hydrogen-bond donors (Lipinski definition) is 1. The first-order chi connectivity index (χ1) is 10.1. The Bertz CT molecular complexity index is 593. The predicted octanol–water partition coefficient (Wildman–Crippen LogP) is 4.51. The summed E-state index contributed by atoms with van der Waals surface area (Å²) in [6.07, 6.45) is 1.07. The van der Waals surface area contributed by atoms with Crippen LogP contribution in [0.5, 0.6) is 5.75 Å². The first-order valence-electron chi connectivity index (χ1n) is 7.07. The Balaban J connectivity index is 2.37. The van der Waals surface area contributed by atoms with E-state index in [1.807, 2.05) is 25.1 Å². The zero-order valence-corrected chi connectivity index (χ0v) is 14.4. The van der Waals surface area contributed by atoms with Gasteiger partial charge in [0.05, 0.1) is 23.9 Å². The van der Waals surface area contributed by atoms with Gasteiger partial charge in [0.2, 0.25) is 0 Å². The SMILES string of the molecule is CCCNC(c1ccc(OC)c(Cl)c1)c1nc(C)c(C)s1. The highest BCUT2D eigenvalue weighted by Gasteiger charge is 2.19. The van der Waals surface area contributed by atoms with Gasteiger partial charge < -0.3 is 10.1 Å². The second-order valence-electron chi connectivity index (χ2n) is 4.97. The highest BCUT2D eigenvalue weighted by molar-refractivity contribution is 7.11. The minimum atomic E-state index is 0.0748. The minimum absolute atomic E-state index is 0.0748. The number of aromatic nitrogens is 1. The zero-order chi connectivity index (χ0) is 15.4. The quantitative estimate of drug-likeness (QED) is 0.848. The summed E-state index contributed by atoms with van der Waals surface area (Å²) in [7, 11) is 1.63. The molecule has 1 N–H and O–H groups in total. The van der Waals surface area contributed by atoms with Crippen LogP contribution >= 0.6 is 22.9 Å². The summed E-state index contributed by atoms with van der Waals surface area (Å²) >= 11 is 8.00. The lowest BCUT2D eigenvalue weighted by Crippen LogP contribution is -2.23. The Morgan fingerprint density at radius 2 is 2.14 bits per heavy atom. The van der Waals surface area contributed by atoms with Crippen molar-refractivity contribution in [2.45, 2.75) is 33.2 Å². The minimum Gasteiger partial charge on any atom is -0.495 e. The largest absolute Gasteiger partial charge is 0.495 e. The van der Waals surface area contributed by atoms with Crippen molar-refractivity contribution in [3.63, 3.8) is 0 Å². The van der Waals surface area contributed by atoms with Crippen molar-refractivity contribution < 1.29 is 4.74 Å². The van der Waals surface area contributed by atoms with Crippen LogP contribution in [0.3, 0.4) is 0 Å². The number of nitrogens with zero attached hydrogens (tertiary/aromatic N) is 1. The van der Waals surface area contributed by atoms with E-state index in [2.05, 4.69) is 19.2 Å². The molecule has 0 aliphatic rings. The van der Waals surface area contributed by atoms with E-state index in [9.17, 15) is 0 Å². The van der Waals surface area contributed by atoms with E-state index in [1.54, 1.807) is 18.4 Å². The predicted molar refractivity (Wildman–Crippen MR) is 89.7 cm³/mol. The van der Waals surface area contributed by atoms with E-state index in [1.165, 1.54) is 4.88 Å². The third-order valence-electron chi connectivity index (χ3n) is 3.40. The van der Waals surface area contributed by atoms with Crippen molar-refractivity contribution in [3.05, 3.63) is 44.4 Å². The van der Waals surface area contributed by atoms with Gasteiger partial charge in [0.25, 0.3) is 0 Å². The molecule has 1 unspecified atom stereocenters. The van der Waals surface area contributed by atoms with Crippen LogP contribution in [0, 0.1) is 13.8 Å². The number of aryl methyl sites for hydroxylation is 2.